The van der Waals surface area contributed by atoms with Crippen LogP contribution < -0.4 is 15.5 Å². The van der Waals surface area contributed by atoms with Crippen molar-refractivity contribution in [2.24, 2.45) is 5.10 Å². The van der Waals surface area contributed by atoms with Gasteiger partial charge in [-0.2, -0.15) is 5.10 Å². The van der Waals surface area contributed by atoms with Crippen LogP contribution in [0.4, 0.5) is 10.1 Å². The molecule has 0 spiro atoms. The van der Waals surface area contributed by atoms with Crippen LogP contribution in [-0.4, -0.2) is 18.0 Å². The van der Waals surface area contributed by atoms with E-state index in [4.69, 9.17) is 16.3 Å². The number of carbonyl (C=O) groups excluding carboxylic acids is 2. The van der Waals surface area contributed by atoms with Gasteiger partial charge in [-0.1, -0.05) is 23.7 Å². The molecule has 0 aromatic heterocycles. The Morgan fingerprint density at radius 3 is 2.27 bits per heavy atom. The Balaban J connectivity index is 1.46. The molecule has 152 valence electrons. The molecule has 0 radical (unpaired) electrons. The standard InChI is InChI=1S/C22H17ClFN3O3/c23-17-5-1-16(2-6-17)14-30-20-11-3-15(4-12-20)13-25-27-22(29)21(28)26-19-9-7-18(24)8-10-19/h1-13H,14H2,(H,26,28)(H,27,29)/b25-13-. The van der Waals surface area contributed by atoms with Crippen LogP contribution in [0.15, 0.2) is 77.9 Å². The number of ether oxygens (including phenoxy) is 1. The summed E-state index contributed by atoms with van der Waals surface area (Å²) in [4.78, 5) is 23.5. The summed E-state index contributed by atoms with van der Waals surface area (Å²) in [5.41, 5.74) is 4.13. The van der Waals surface area contributed by atoms with Crippen LogP contribution in [0.1, 0.15) is 11.1 Å². The minimum absolute atomic E-state index is 0.301. The van der Waals surface area contributed by atoms with Crippen molar-refractivity contribution in [1.82, 2.24) is 5.43 Å². The van der Waals surface area contributed by atoms with Crippen molar-refractivity contribution in [2.45, 2.75) is 6.61 Å². The lowest BCUT2D eigenvalue weighted by Gasteiger charge is -2.06. The maximum Gasteiger partial charge on any atom is 0.329 e. The fourth-order valence-electron chi connectivity index (χ4n) is 2.33. The Kier molecular flexibility index (Phi) is 7.13. The molecule has 3 rings (SSSR count). The van der Waals surface area contributed by atoms with Gasteiger partial charge in [-0.3, -0.25) is 9.59 Å². The van der Waals surface area contributed by atoms with E-state index in [9.17, 15) is 14.0 Å². The lowest BCUT2D eigenvalue weighted by atomic mass is 10.2. The summed E-state index contributed by atoms with van der Waals surface area (Å²) in [6.07, 6.45) is 1.39. The van der Waals surface area contributed by atoms with Gasteiger partial charge < -0.3 is 10.1 Å². The zero-order chi connectivity index (χ0) is 21.3. The topological polar surface area (TPSA) is 79.8 Å². The smallest absolute Gasteiger partial charge is 0.329 e. The van der Waals surface area contributed by atoms with E-state index in [1.807, 2.05) is 12.1 Å². The van der Waals surface area contributed by atoms with E-state index in [1.54, 1.807) is 36.4 Å². The summed E-state index contributed by atoms with van der Waals surface area (Å²) >= 11 is 5.85. The number of hydrogen-bond acceptors (Lipinski definition) is 4. The number of hydrogen-bond donors (Lipinski definition) is 2. The largest absolute Gasteiger partial charge is 0.489 e. The Labute approximate surface area is 177 Å². The summed E-state index contributed by atoms with van der Waals surface area (Å²) in [5, 5.41) is 6.76. The molecule has 6 nitrogen and oxygen atoms in total. The molecule has 0 atom stereocenters. The maximum atomic E-state index is 12.8. The number of hydrazone groups is 1. The lowest BCUT2D eigenvalue weighted by Crippen LogP contribution is -2.32. The predicted octanol–water partition coefficient (Wildman–Crippen LogP) is 4.15. The number of carbonyl (C=O) groups is 2. The normalized spacial score (nSPS) is 10.6. The second-order valence-corrected chi connectivity index (χ2v) is 6.58. The van der Waals surface area contributed by atoms with Gasteiger partial charge in [0.25, 0.3) is 0 Å². The predicted molar refractivity (Wildman–Crippen MR) is 113 cm³/mol. The van der Waals surface area contributed by atoms with E-state index >= 15 is 0 Å². The molecule has 0 saturated heterocycles. The molecule has 3 aromatic rings. The van der Waals surface area contributed by atoms with E-state index in [0.29, 0.717) is 28.6 Å². The molecule has 30 heavy (non-hydrogen) atoms. The van der Waals surface area contributed by atoms with Crippen molar-refractivity contribution < 1.29 is 18.7 Å². The van der Waals surface area contributed by atoms with Gasteiger partial charge in [0.2, 0.25) is 0 Å². The quantitative estimate of drug-likeness (QED) is 0.354. The van der Waals surface area contributed by atoms with Gasteiger partial charge in [-0.25, -0.2) is 9.82 Å². The first-order chi connectivity index (χ1) is 14.5. The number of halogens is 2. The van der Waals surface area contributed by atoms with Gasteiger partial charge in [0.1, 0.15) is 18.2 Å². The first-order valence-corrected chi connectivity index (χ1v) is 9.25. The molecule has 2 amide bonds. The monoisotopic (exact) mass is 425 g/mol. The highest BCUT2D eigenvalue weighted by molar-refractivity contribution is 6.39. The van der Waals surface area contributed by atoms with Crippen molar-refractivity contribution >= 4 is 35.3 Å². The highest BCUT2D eigenvalue weighted by Gasteiger charge is 2.12. The molecule has 0 aliphatic carbocycles. The second-order valence-electron chi connectivity index (χ2n) is 6.14. The maximum absolute atomic E-state index is 12.8. The van der Waals surface area contributed by atoms with Gasteiger partial charge in [0, 0.05) is 10.7 Å². The Hall–Kier alpha value is -3.71. The average Bonchev–Trinajstić information content (AvgIpc) is 2.76. The molecule has 0 saturated carbocycles. The molecule has 0 heterocycles. The summed E-state index contributed by atoms with van der Waals surface area (Å²) in [6, 6.07) is 19.5. The van der Waals surface area contributed by atoms with Crippen molar-refractivity contribution in [3.05, 3.63) is 94.8 Å². The van der Waals surface area contributed by atoms with Crippen molar-refractivity contribution in [2.75, 3.05) is 5.32 Å². The lowest BCUT2D eigenvalue weighted by molar-refractivity contribution is -0.136. The molecule has 2 N–H and O–H groups in total. The minimum Gasteiger partial charge on any atom is -0.489 e. The average molecular weight is 426 g/mol. The third kappa shape index (κ3) is 6.42. The van der Waals surface area contributed by atoms with Crippen LogP contribution in [0.3, 0.4) is 0 Å². The summed E-state index contributed by atoms with van der Waals surface area (Å²) < 4.78 is 18.5. The van der Waals surface area contributed by atoms with E-state index in [-0.39, 0.29) is 0 Å². The zero-order valence-corrected chi connectivity index (χ0v) is 16.4. The highest BCUT2D eigenvalue weighted by Crippen LogP contribution is 2.15. The first-order valence-electron chi connectivity index (χ1n) is 8.87. The van der Waals surface area contributed by atoms with Crippen molar-refractivity contribution in [1.29, 1.82) is 0 Å². The Morgan fingerprint density at radius 2 is 1.60 bits per heavy atom. The molecular formula is C22H17ClFN3O3. The molecule has 0 aliphatic rings. The van der Waals surface area contributed by atoms with Crippen LogP contribution in [-0.2, 0) is 16.2 Å². The van der Waals surface area contributed by atoms with Crippen LogP contribution in [0.2, 0.25) is 5.02 Å². The number of nitrogens with zero attached hydrogens (tertiary/aromatic N) is 1. The van der Waals surface area contributed by atoms with Crippen molar-refractivity contribution in [3.8, 4) is 5.75 Å². The van der Waals surface area contributed by atoms with Crippen LogP contribution in [0.5, 0.6) is 5.75 Å². The summed E-state index contributed by atoms with van der Waals surface area (Å²) in [5.74, 6) is -1.63. The SMILES string of the molecule is O=C(N/N=C\c1ccc(OCc2ccc(Cl)cc2)cc1)C(=O)Nc1ccc(F)cc1. The highest BCUT2D eigenvalue weighted by atomic mass is 35.5. The fourth-order valence-corrected chi connectivity index (χ4v) is 2.46. The molecule has 0 bridgehead atoms. The Bertz CT molecular complexity index is 1040. The molecule has 0 unspecified atom stereocenters. The van der Waals surface area contributed by atoms with E-state index in [2.05, 4.69) is 15.8 Å². The Morgan fingerprint density at radius 1 is 0.933 bits per heavy atom. The number of nitrogens with one attached hydrogen (secondary N) is 2. The number of benzene rings is 3. The summed E-state index contributed by atoms with van der Waals surface area (Å²) in [7, 11) is 0. The minimum atomic E-state index is -0.946. The zero-order valence-electron chi connectivity index (χ0n) is 15.6. The number of anilines is 1. The van der Waals surface area contributed by atoms with Crippen LogP contribution in [0.25, 0.3) is 0 Å². The van der Waals surface area contributed by atoms with E-state index < -0.39 is 17.6 Å². The summed E-state index contributed by atoms with van der Waals surface area (Å²) in [6.45, 7) is 0.407. The molecule has 8 heteroatoms. The fraction of sp³-hybridized carbons (Fsp3) is 0.0455. The number of rotatable bonds is 6. The van der Waals surface area contributed by atoms with E-state index in [0.717, 1.165) is 5.56 Å². The van der Waals surface area contributed by atoms with Gasteiger partial charge in [-0.05, 0) is 71.8 Å². The second kappa shape index (κ2) is 10.2. The molecule has 3 aromatic carbocycles. The van der Waals surface area contributed by atoms with Gasteiger partial charge in [0.15, 0.2) is 0 Å². The molecular weight excluding hydrogens is 409 g/mol. The number of amides is 2. The van der Waals surface area contributed by atoms with Crippen LogP contribution >= 0.6 is 11.6 Å². The van der Waals surface area contributed by atoms with Gasteiger partial charge in [0.05, 0.1) is 6.21 Å². The first kappa shape index (κ1) is 21.0. The third-order valence-electron chi connectivity index (χ3n) is 3.89. The van der Waals surface area contributed by atoms with Crippen molar-refractivity contribution in [3.63, 3.8) is 0 Å². The van der Waals surface area contributed by atoms with Gasteiger partial charge in [-0.15, -0.1) is 0 Å². The molecule has 0 fully saturated rings. The van der Waals surface area contributed by atoms with Crippen LogP contribution in [0, 0.1) is 5.82 Å². The van der Waals surface area contributed by atoms with Gasteiger partial charge >= 0.3 is 11.8 Å². The molecule has 0 aliphatic heterocycles. The van der Waals surface area contributed by atoms with E-state index in [1.165, 1.54) is 30.5 Å². The third-order valence-corrected chi connectivity index (χ3v) is 4.14.